The Morgan fingerprint density at radius 1 is 1.00 bits per heavy atom. The maximum atomic E-state index is 13.0. The van der Waals surface area contributed by atoms with Crippen LogP contribution in [0.1, 0.15) is 11.1 Å². The molecule has 0 aliphatic rings. The molecule has 2 aromatic carbocycles. The van der Waals surface area contributed by atoms with E-state index in [1.165, 1.54) is 12.1 Å². The molecule has 2 aromatic rings. The zero-order valence-corrected chi connectivity index (χ0v) is 9.50. The number of benzene rings is 2. The number of anilines is 1. The van der Waals surface area contributed by atoms with Crippen molar-refractivity contribution >= 4 is 5.69 Å². The van der Waals surface area contributed by atoms with Gasteiger partial charge in [0, 0.05) is 18.3 Å². The Bertz CT molecular complexity index is 503. The first-order valence-electron chi connectivity index (χ1n) is 5.39. The quantitative estimate of drug-likeness (QED) is 0.848. The maximum Gasteiger partial charge on any atom is 0.126 e. The molecule has 88 valence electrons. The van der Waals surface area contributed by atoms with Crippen molar-refractivity contribution in [1.82, 2.24) is 0 Å². The van der Waals surface area contributed by atoms with Gasteiger partial charge in [0.25, 0.3) is 0 Å². The predicted molar refractivity (Wildman–Crippen MR) is 64.9 cm³/mol. The highest BCUT2D eigenvalue weighted by Crippen LogP contribution is 2.15. The minimum atomic E-state index is -0.549. The molecule has 3 heteroatoms. The molecule has 0 saturated heterocycles. The maximum absolute atomic E-state index is 13.0. The van der Waals surface area contributed by atoms with E-state index in [1.807, 2.05) is 31.2 Å². The van der Waals surface area contributed by atoms with Crippen molar-refractivity contribution < 1.29 is 8.78 Å². The van der Waals surface area contributed by atoms with Crippen LogP contribution in [0.4, 0.5) is 14.5 Å². The van der Waals surface area contributed by atoms with Crippen molar-refractivity contribution in [3.05, 3.63) is 65.2 Å². The Hall–Kier alpha value is -1.90. The second-order valence-electron chi connectivity index (χ2n) is 3.95. The van der Waals surface area contributed by atoms with Crippen molar-refractivity contribution in [3.8, 4) is 0 Å². The van der Waals surface area contributed by atoms with Crippen molar-refractivity contribution in [2.45, 2.75) is 13.5 Å². The Morgan fingerprint density at radius 3 is 2.29 bits per heavy atom. The van der Waals surface area contributed by atoms with Crippen LogP contribution in [-0.4, -0.2) is 0 Å². The van der Waals surface area contributed by atoms with Gasteiger partial charge in [-0.1, -0.05) is 18.2 Å². The summed E-state index contributed by atoms with van der Waals surface area (Å²) in [6.45, 7) is 2.38. The molecular weight excluding hydrogens is 220 g/mol. The Morgan fingerprint density at radius 2 is 1.65 bits per heavy atom. The van der Waals surface area contributed by atoms with Crippen molar-refractivity contribution in [2.75, 3.05) is 5.32 Å². The van der Waals surface area contributed by atoms with Crippen molar-refractivity contribution in [2.24, 2.45) is 0 Å². The van der Waals surface area contributed by atoms with E-state index < -0.39 is 11.6 Å². The van der Waals surface area contributed by atoms with Crippen molar-refractivity contribution in [1.29, 1.82) is 0 Å². The van der Waals surface area contributed by atoms with E-state index in [0.29, 0.717) is 12.1 Å². The van der Waals surface area contributed by atoms with Crippen molar-refractivity contribution in [3.63, 3.8) is 0 Å². The topological polar surface area (TPSA) is 12.0 Å². The average Bonchev–Trinajstić information content (AvgIpc) is 2.27. The number of nitrogens with one attached hydrogen (secondary N) is 1. The van der Waals surface area contributed by atoms with Gasteiger partial charge in [-0.15, -0.1) is 0 Å². The molecule has 2 rings (SSSR count). The van der Waals surface area contributed by atoms with Crippen LogP contribution in [0.2, 0.25) is 0 Å². The Balaban J connectivity index is 2.10. The van der Waals surface area contributed by atoms with Crippen LogP contribution < -0.4 is 5.32 Å². The fraction of sp³-hybridized carbons (Fsp3) is 0.143. The summed E-state index contributed by atoms with van der Waals surface area (Å²) in [4.78, 5) is 0. The first-order valence-corrected chi connectivity index (χ1v) is 5.39. The molecule has 0 saturated carbocycles. The van der Waals surface area contributed by atoms with E-state index in [1.54, 1.807) is 0 Å². The Kier molecular flexibility index (Phi) is 3.38. The smallest absolute Gasteiger partial charge is 0.126 e. The van der Waals surface area contributed by atoms with Crippen LogP contribution in [0.25, 0.3) is 0 Å². The molecule has 1 N–H and O–H groups in total. The molecule has 0 spiro atoms. The summed E-state index contributed by atoms with van der Waals surface area (Å²) in [5, 5.41) is 3.15. The normalized spacial score (nSPS) is 10.3. The molecule has 0 bridgehead atoms. The highest BCUT2D eigenvalue weighted by Gasteiger charge is 2.01. The zero-order valence-electron chi connectivity index (χ0n) is 9.50. The van der Waals surface area contributed by atoms with Crippen LogP contribution in [0, 0.1) is 18.6 Å². The third-order valence-corrected chi connectivity index (χ3v) is 2.55. The summed E-state index contributed by atoms with van der Waals surface area (Å²) in [6, 6.07) is 11.3. The number of hydrogen-bond donors (Lipinski definition) is 1. The highest BCUT2D eigenvalue weighted by molar-refractivity contribution is 5.50. The van der Waals surface area contributed by atoms with E-state index in [0.717, 1.165) is 17.3 Å². The molecule has 17 heavy (non-hydrogen) atoms. The molecule has 0 aliphatic carbocycles. The molecule has 0 atom stereocenters. The third kappa shape index (κ3) is 3.03. The third-order valence-electron chi connectivity index (χ3n) is 2.55. The van der Waals surface area contributed by atoms with Gasteiger partial charge in [0.15, 0.2) is 0 Å². The van der Waals surface area contributed by atoms with E-state index in [-0.39, 0.29) is 0 Å². The SMILES string of the molecule is Cc1ccccc1NCc1cc(F)cc(F)c1. The van der Waals surface area contributed by atoms with Crippen LogP contribution >= 0.6 is 0 Å². The lowest BCUT2D eigenvalue weighted by molar-refractivity contribution is 0.580. The summed E-state index contributed by atoms with van der Waals surface area (Å²) in [5.74, 6) is -1.10. The molecule has 0 amide bonds. The summed E-state index contributed by atoms with van der Waals surface area (Å²) in [7, 11) is 0. The molecule has 0 radical (unpaired) electrons. The minimum Gasteiger partial charge on any atom is -0.381 e. The fourth-order valence-electron chi connectivity index (χ4n) is 1.68. The summed E-state index contributed by atoms with van der Waals surface area (Å²) >= 11 is 0. The predicted octanol–water partition coefficient (Wildman–Crippen LogP) is 3.89. The summed E-state index contributed by atoms with van der Waals surface area (Å²) < 4.78 is 25.9. The van der Waals surface area contributed by atoms with E-state index in [9.17, 15) is 8.78 Å². The lowest BCUT2D eigenvalue weighted by atomic mass is 10.1. The monoisotopic (exact) mass is 233 g/mol. The second kappa shape index (κ2) is 4.95. The molecule has 0 aromatic heterocycles. The highest BCUT2D eigenvalue weighted by atomic mass is 19.1. The van der Waals surface area contributed by atoms with Gasteiger partial charge in [-0.2, -0.15) is 0 Å². The van der Waals surface area contributed by atoms with Gasteiger partial charge < -0.3 is 5.32 Å². The van der Waals surface area contributed by atoms with Gasteiger partial charge in [-0.05, 0) is 36.2 Å². The largest absolute Gasteiger partial charge is 0.381 e. The van der Waals surface area contributed by atoms with Gasteiger partial charge >= 0.3 is 0 Å². The molecule has 0 aliphatic heterocycles. The van der Waals surface area contributed by atoms with Gasteiger partial charge in [0.2, 0.25) is 0 Å². The standard InChI is InChI=1S/C14H13F2N/c1-10-4-2-3-5-14(10)17-9-11-6-12(15)8-13(16)7-11/h2-8,17H,9H2,1H3. The molecule has 0 fully saturated rings. The molecule has 1 nitrogen and oxygen atoms in total. The number of aryl methyl sites for hydroxylation is 1. The van der Waals surface area contributed by atoms with Crippen LogP contribution in [0.15, 0.2) is 42.5 Å². The zero-order chi connectivity index (χ0) is 12.3. The first-order chi connectivity index (χ1) is 8.15. The Labute approximate surface area is 99.1 Å². The van der Waals surface area contributed by atoms with Crippen LogP contribution in [0.5, 0.6) is 0 Å². The van der Waals surface area contributed by atoms with E-state index in [2.05, 4.69) is 5.32 Å². The molecule has 0 unspecified atom stereocenters. The van der Waals surface area contributed by atoms with Crippen LogP contribution in [-0.2, 0) is 6.54 Å². The van der Waals surface area contributed by atoms with Gasteiger partial charge in [0.05, 0.1) is 0 Å². The lowest BCUT2D eigenvalue weighted by Gasteiger charge is -2.09. The van der Waals surface area contributed by atoms with Gasteiger partial charge in [-0.25, -0.2) is 8.78 Å². The lowest BCUT2D eigenvalue weighted by Crippen LogP contribution is -2.01. The minimum absolute atomic E-state index is 0.402. The van der Waals surface area contributed by atoms with E-state index >= 15 is 0 Å². The number of halogens is 2. The fourth-order valence-corrected chi connectivity index (χ4v) is 1.68. The number of hydrogen-bond acceptors (Lipinski definition) is 1. The van der Waals surface area contributed by atoms with Crippen LogP contribution in [0.3, 0.4) is 0 Å². The first kappa shape index (κ1) is 11.6. The second-order valence-corrected chi connectivity index (χ2v) is 3.95. The van der Waals surface area contributed by atoms with Gasteiger partial charge in [-0.3, -0.25) is 0 Å². The van der Waals surface area contributed by atoms with E-state index in [4.69, 9.17) is 0 Å². The van der Waals surface area contributed by atoms with Gasteiger partial charge in [0.1, 0.15) is 11.6 Å². The molecule has 0 heterocycles. The number of rotatable bonds is 3. The number of para-hydroxylation sites is 1. The summed E-state index contributed by atoms with van der Waals surface area (Å²) in [6.07, 6.45) is 0. The molecular formula is C14H13F2N. The summed E-state index contributed by atoms with van der Waals surface area (Å²) in [5.41, 5.74) is 2.66. The average molecular weight is 233 g/mol.